The first-order chi connectivity index (χ1) is 15.5. The maximum atomic E-state index is 12.5. The van der Waals surface area contributed by atoms with Crippen LogP contribution >= 0.6 is 11.6 Å². The van der Waals surface area contributed by atoms with Gasteiger partial charge in [0.25, 0.3) is 5.56 Å². The second kappa shape index (κ2) is 8.44. The molecule has 9 heteroatoms. The van der Waals surface area contributed by atoms with E-state index >= 15 is 0 Å². The van der Waals surface area contributed by atoms with Crippen molar-refractivity contribution in [1.29, 1.82) is 0 Å². The second-order valence-corrected chi connectivity index (χ2v) is 8.75. The highest BCUT2D eigenvalue weighted by Crippen LogP contribution is 2.26. The lowest BCUT2D eigenvalue weighted by Crippen LogP contribution is -2.38. The van der Waals surface area contributed by atoms with Crippen molar-refractivity contribution >= 4 is 33.5 Å². The molecule has 166 valence electrons. The summed E-state index contributed by atoms with van der Waals surface area (Å²) in [6, 6.07) is 12.8. The minimum atomic E-state index is -0.369. The standard InChI is InChI=1S/C23H24ClN5O3/c24-15-6-7-20-18(14-15)25-23(32)29(20)16-8-12-27(13-9-16)10-3-11-28-19-5-2-1-4-17(19)21(30)26-22(28)31/h1-2,4-7,14,16H,3,8-13H2,(H,25,32)(H,26,30,31). The number of rotatable bonds is 5. The normalized spacial score (nSPS) is 15.7. The van der Waals surface area contributed by atoms with Crippen molar-refractivity contribution in [3.8, 4) is 0 Å². The maximum absolute atomic E-state index is 12.5. The molecule has 5 rings (SSSR count). The highest BCUT2D eigenvalue weighted by molar-refractivity contribution is 6.31. The summed E-state index contributed by atoms with van der Waals surface area (Å²) in [5.41, 5.74) is 1.51. The number of hydrogen-bond acceptors (Lipinski definition) is 4. The van der Waals surface area contributed by atoms with Crippen LogP contribution in [-0.4, -0.2) is 43.6 Å². The first-order valence-corrected chi connectivity index (χ1v) is 11.2. The molecule has 1 aliphatic heterocycles. The number of H-pyrrole nitrogens is 2. The third-order valence-corrected chi connectivity index (χ3v) is 6.60. The van der Waals surface area contributed by atoms with Crippen LogP contribution < -0.4 is 16.9 Å². The predicted molar refractivity (Wildman–Crippen MR) is 126 cm³/mol. The van der Waals surface area contributed by atoms with Gasteiger partial charge in [-0.2, -0.15) is 0 Å². The van der Waals surface area contributed by atoms with Gasteiger partial charge in [0, 0.05) is 30.7 Å². The molecule has 0 amide bonds. The van der Waals surface area contributed by atoms with Crippen LogP contribution in [0.3, 0.4) is 0 Å². The number of likely N-dealkylation sites (tertiary alicyclic amines) is 1. The number of fused-ring (bicyclic) bond motifs is 2. The highest BCUT2D eigenvalue weighted by atomic mass is 35.5. The van der Waals surface area contributed by atoms with E-state index in [0.29, 0.717) is 22.5 Å². The van der Waals surface area contributed by atoms with E-state index < -0.39 is 0 Å². The number of benzene rings is 2. The predicted octanol–water partition coefficient (Wildman–Crippen LogP) is 2.71. The summed E-state index contributed by atoms with van der Waals surface area (Å²) in [4.78, 5) is 44.5. The van der Waals surface area contributed by atoms with E-state index in [1.54, 1.807) is 22.8 Å². The van der Waals surface area contributed by atoms with Gasteiger partial charge in [-0.05, 0) is 56.1 Å². The number of piperidine rings is 1. The Morgan fingerprint density at radius 1 is 0.906 bits per heavy atom. The fourth-order valence-corrected chi connectivity index (χ4v) is 4.96. The van der Waals surface area contributed by atoms with Gasteiger partial charge in [-0.3, -0.25) is 18.9 Å². The molecule has 4 aromatic rings. The SMILES string of the molecule is O=c1[nH]c(=O)n(CCCN2CCC(n3c(=O)[nH]c4cc(Cl)ccc43)CC2)c2ccccc12. The smallest absolute Gasteiger partial charge is 0.305 e. The van der Waals surface area contributed by atoms with Crippen molar-refractivity contribution in [2.45, 2.75) is 31.8 Å². The molecule has 2 aromatic carbocycles. The van der Waals surface area contributed by atoms with Crippen LogP contribution in [0.4, 0.5) is 0 Å². The van der Waals surface area contributed by atoms with E-state index in [2.05, 4.69) is 14.9 Å². The minimum Gasteiger partial charge on any atom is -0.305 e. The number of para-hydroxylation sites is 1. The molecule has 1 saturated heterocycles. The lowest BCUT2D eigenvalue weighted by molar-refractivity contribution is 0.183. The van der Waals surface area contributed by atoms with Gasteiger partial charge in [0.15, 0.2) is 0 Å². The summed E-state index contributed by atoms with van der Waals surface area (Å²) >= 11 is 6.05. The first-order valence-electron chi connectivity index (χ1n) is 10.9. The van der Waals surface area contributed by atoms with Crippen molar-refractivity contribution in [2.75, 3.05) is 19.6 Å². The van der Waals surface area contributed by atoms with Crippen molar-refractivity contribution in [3.05, 3.63) is 78.8 Å². The zero-order valence-electron chi connectivity index (χ0n) is 17.5. The molecule has 1 aliphatic rings. The molecule has 0 spiro atoms. The molecule has 0 bridgehead atoms. The number of nitrogens with one attached hydrogen (secondary N) is 2. The van der Waals surface area contributed by atoms with Gasteiger partial charge in [0.2, 0.25) is 0 Å². The molecule has 32 heavy (non-hydrogen) atoms. The molecule has 2 N–H and O–H groups in total. The average molecular weight is 454 g/mol. The van der Waals surface area contributed by atoms with E-state index in [4.69, 9.17) is 11.6 Å². The monoisotopic (exact) mass is 453 g/mol. The highest BCUT2D eigenvalue weighted by Gasteiger charge is 2.23. The van der Waals surface area contributed by atoms with Gasteiger partial charge in [-0.1, -0.05) is 23.7 Å². The molecule has 0 saturated carbocycles. The van der Waals surface area contributed by atoms with Gasteiger partial charge in [-0.15, -0.1) is 0 Å². The van der Waals surface area contributed by atoms with E-state index in [0.717, 1.165) is 49.9 Å². The molecule has 0 radical (unpaired) electrons. The second-order valence-electron chi connectivity index (χ2n) is 8.32. The Morgan fingerprint density at radius 2 is 1.69 bits per heavy atom. The third-order valence-electron chi connectivity index (χ3n) is 6.36. The Hall–Kier alpha value is -3.10. The number of aromatic amines is 2. The van der Waals surface area contributed by atoms with Crippen LogP contribution in [0.15, 0.2) is 56.8 Å². The van der Waals surface area contributed by atoms with Crippen LogP contribution in [0.2, 0.25) is 5.02 Å². The number of aromatic nitrogens is 4. The Bertz CT molecular complexity index is 1460. The lowest BCUT2D eigenvalue weighted by atomic mass is 10.0. The fraction of sp³-hybridized carbons (Fsp3) is 0.348. The van der Waals surface area contributed by atoms with Gasteiger partial charge >= 0.3 is 11.4 Å². The number of nitrogens with zero attached hydrogens (tertiary/aromatic N) is 3. The van der Waals surface area contributed by atoms with Crippen LogP contribution in [0.25, 0.3) is 21.9 Å². The van der Waals surface area contributed by atoms with Crippen LogP contribution in [0.1, 0.15) is 25.3 Å². The zero-order chi connectivity index (χ0) is 22.2. The summed E-state index contributed by atoms with van der Waals surface area (Å²) < 4.78 is 3.50. The quantitative estimate of drug-likeness (QED) is 0.485. The van der Waals surface area contributed by atoms with Crippen molar-refractivity contribution < 1.29 is 0 Å². The molecule has 0 atom stereocenters. The van der Waals surface area contributed by atoms with E-state index in [-0.39, 0.29) is 23.0 Å². The Balaban J connectivity index is 1.23. The van der Waals surface area contributed by atoms with Gasteiger partial charge in [0.1, 0.15) is 0 Å². The number of hydrogen-bond donors (Lipinski definition) is 2. The van der Waals surface area contributed by atoms with Crippen molar-refractivity contribution in [1.82, 2.24) is 24.0 Å². The molecular formula is C23H24ClN5O3. The first kappa shape index (κ1) is 20.8. The zero-order valence-corrected chi connectivity index (χ0v) is 18.3. The van der Waals surface area contributed by atoms with Crippen molar-refractivity contribution in [2.24, 2.45) is 0 Å². The Labute approximate surface area is 188 Å². The summed E-state index contributed by atoms with van der Waals surface area (Å²) in [6.07, 6.45) is 2.57. The fourth-order valence-electron chi connectivity index (χ4n) is 4.78. The molecular weight excluding hydrogens is 430 g/mol. The number of halogens is 1. The van der Waals surface area contributed by atoms with Gasteiger partial charge < -0.3 is 9.88 Å². The number of imidazole rings is 1. The topological polar surface area (TPSA) is 95.9 Å². The molecule has 0 unspecified atom stereocenters. The summed E-state index contributed by atoms with van der Waals surface area (Å²) in [7, 11) is 0. The molecule has 3 heterocycles. The summed E-state index contributed by atoms with van der Waals surface area (Å²) in [6.45, 7) is 3.17. The number of aryl methyl sites for hydroxylation is 1. The van der Waals surface area contributed by atoms with Gasteiger partial charge in [0.05, 0.1) is 21.9 Å². The van der Waals surface area contributed by atoms with Crippen LogP contribution in [-0.2, 0) is 6.54 Å². The lowest BCUT2D eigenvalue weighted by Gasteiger charge is -2.32. The Kier molecular flexibility index (Phi) is 5.48. The Morgan fingerprint density at radius 3 is 2.50 bits per heavy atom. The van der Waals surface area contributed by atoms with Crippen LogP contribution in [0, 0.1) is 0 Å². The van der Waals surface area contributed by atoms with Crippen LogP contribution in [0.5, 0.6) is 0 Å². The van der Waals surface area contributed by atoms with E-state index in [1.807, 2.05) is 28.8 Å². The largest absolute Gasteiger partial charge is 0.328 e. The maximum Gasteiger partial charge on any atom is 0.328 e. The van der Waals surface area contributed by atoms with E-state index in [9.17, 15) is 14.4 Å². The average Bonchev–Trinajstić information content (AvgIpc) is 3.11. The molecule has 2 aromatic heterocycles. The summed E-state index contributed by atoms with van der Waals surface area (Å²) in [5.74, 6) is 0. The van der Waals surface area contributed by atoms with Gasteiger partial charge in [-0.25, -0.2) is 9.59 Å². The third kappa shape index (κ3) is 3.80. The summed E-state index contributed by atoms with van der Waals surface area (Å²) in [5, 5.41) is 1.13. The molecule has 8 nitrogen and oxygen atoms in total. The van der Waals surface area contributed by atoms with E-state index in [1.165, 1.54) is 0 Å². The minimum absolute atomic E-state index is 0.0926. The molecule has 1 fully saturated rings. The van der Waals surface area contributed by atoms with Crippen molar-refractivity contribution in [3.63, 3.8) is 0 Å². The molecule has 0 aliphatic carbocycles.